The van der Waals surface area contributed by atoms with E-state index in [1.165, 1.54) is 16.3 Å². The van der Waals surface area contributed by atoms with E-state index in [9.17, 15) is 4.79 Å². The summed E-state index contributed by atoms with van der Waals surface area (Å²) in [5.41, 5.74) is 16.4. The third kappa shape index (κ3) is 2.52. The molecule has 0 atom stereocenters. The Kier molecular flexibility index (Phi) is 3.78. The molecule has 2 aromatic rings. The number of nitrogens with zero attached hydrogens (tertiary/aromatic N) is 2. The van der Waals surface area contributed by atoms with E-state index in [4.69, 9.17) is 23.7 Å². The molecule has 0 saturated carbocycles. The predicted octanol–water partition coefficient (Wildman–Crippen LogP) is 1.32. The fraction of sp³-hybridized carbons (Fsp3) is 0.250. The second-order valence-electron chi connectivity index (χ2n) is 4.44. The zero-order valence-electron chi connectivity index (χ0n) is 11.4. The van der Waals surface area contributed by atoms with Gasteiger partial charge in [-0.3, -0.25) is 15.2 Å². The second kappa shape index (κ2) is 5.22. The normalized spacial score (nSPS) is 10.6. The summed E-state index contributed by atoms with van der Waals surface area (Å²) in [4.78, 5) is 17.7. The van der Waals surface area contributed by atoms with Gasteiger partial charge in [0.1, 0.15) is 9.71 Å². The van der Waals surface area contributed by atoms with Crippen molar-refractivity contribution in [3.8, 4) is 0 Å². The minimum atomic E-state index is -0.349. The Bertz CT molecular complexity index is 709. The van der Waals surface area contributed by atoms with Crippen LogP contribution in [0.25, 0.3) is 10.2 Å². The van der Waals surface area contributed by atoms with E-state index >= 15 is 0 Å². The average Bonchev–Trinajstić information content (AvgIpc) is 2.66. The smallest absolute Gasteiger partial charge is 0.282 e. The quantitative estimate of drug-likeness (QED) is 0.543. The number of aryl methyl sites for hydroxylation is 2. The Morgan fingerprint density at radius 2 is 2.15 bits per heavy atom. The van der Waals surface area contributed by atoms with Gasteiger partial charge in [0.15, 0.2) is 5.11 Å². The SMILES string of the molecule is Cc1cc(C)c2c(N)c(C(=O)NN(C)C(N)=S)sc2n1. The molecule has 0 aliphatic carbocycles. The number of thiophene rings is 1. The highest BCUT2D eigenvalue weighted by Crippen LogP contribution is 2.34. The fourth-order valence-electron chi connectivity index (χ4n) is 1.90. The average molecular weight is 309 g/mol. The lowest BCUT2D eigenvalue weighted by Gasteiger charge is -2.17. The molecular weight excluding hydrogens is 294 g/mol. The summed E-state index contributed by atoms with van der Waals surface area (Å²) in [6.45, 7) is 3.85. The number of carbonyl (C=O) groups excluding carboxylic acids is 1. The van der Waals surface area contributed by atoms with Crippen LogP contribution in [0.4, 0.5) is 5.69 Å². The van der Waals surface area contributed by atoms with Crippen molar-refractivity contribution >= 4 is 50.5 Å². The summed E-state index contributed by atoms with van der Waals surface area (Å²) in [7, 11) is 1.57. The molecule has 0 fully saturated rings. The Hall–Kier alpha value is -1.93. The minimum absolute atomic E-state index is 0.0724. The summed E-state index contributed by atoms with van der Waals surface area (Å²) in [6, 6.07) is 1.94. The molecule has 1 amide bonds. The lowest BCUT2D eigenvalue weighted by Crippen LogP contribution is -2.45. The summed E-state index contributed by atoms with van der Waals surface area (Å²) in [5, 5.41) is 2.17. The number of thiocarbonyl (C=S) groups is 1. The maximum absolute atomic E-state index is 12.2. The summed E-state index contributed by atoms with van der Waals surface area (Å²) >= 11 is 6.03. The van der Waals surface area contributed by atoms with Gasteiger partial charge in [0.05, 0.1) is 5.69 Å². The number of rotatable bonds is 1. The number of hydrazine groups is 1. The Labute approximate surface area is 125 Å². The van der Waals surface area contributed by atoms with Crippen molar-refractivity contribution in [2.45, 2.75) is 13.8 Å². The van der Waals surface area contributed by atoms with Crippen LogP contribution in [0.1, 0.15) is 20.9 Å². The van der Waals surface area contributed by atoms with Crippen molar-refractivity contribution < 1.29 is 4.79 Å². The van der Waals surface area contributed by atoms with Crippen molar-refractivity contribution in [1.82, 2.24) is 15.4 Å². The fourth-order valence-corrected chi connectivity index (χ4v) is 3.05. The zero-order chi connectivity index (χ0) is 15.0. The molecule has 0 unspecified atom stereocenters. The first kappa shape index (κ1) is 14.5. The molecule has 0 aliphatic rings. The minimum Gasteiger partial charge on any atom is -0.397 e. The number of pyridine rings is 1. The number of nitrogens with two attached hydrogens (primary N) is 2. The van der Waals surface area contributed by atoms with Crippen molar-refractivity contribution in [3.05, 3.63) is 22.2 Å². The van der Waals surface area contributed by atoms with Crippen LogP contribution in [-0.2, 0) is 0 Å². The third-order valence-electron chi connectivity index (χ3n) is 2.83. The summed E-state index contributed by atoms with van der Waals surface area (Å²) < 4.78 is 0. The van der Waals surface area contributed by atoms with Crippen LogP contribution < -0.4 is 16.9 Å². The number of hydrogen-bond donors (Lipinski definition) is 3. The largest absolute Gasteiger partial charge is 0.397 e. The number of amides is 1. The van der Waals surface area contributed by atoms with Gasteiger partial charge in [0.2, 0.25) is 0 Å². The van der Waals surface area contributed by atoms with E-state index < -0.39 is 0 Å². The van der Waals surface area contributed by atoms with Crippen LogP contribution in [0.15, 0.2) is 6.07 Å². The molecule has 106 valence electrons. The van der Waals surface area contributed by atoms with Crippen LogP contribution in [0.2, 0.25) is 0 Å². The van der Waals surface area contributed by atoms with Gasteiger partial charge in [-0.2, -0.15) is 0 Å². The Morgan fingerprint density at radius 1 is 1.50 bits per heavy atom. The molecule has 2 rings (SSSR count). The molecule has 8 heteroatoms. The molecule has 2 heterocycles. The van der Waals surface area contributed by atoms with Crippen LogP contribution >= 0.6 is 23.6 Å². The Balaban J connectivity index is 2.45. The second-order valence-corrected chi connectivity index (χ2v) is 5.86. The zero-order valence-corrected chi connectivity index (χ0v) is 13.0. The number of nitrogen functional groups attached to an aromatic ring is 1. The lowest BCUT2D eigenvalue weighted by atomic mass is 10.1. The molecule has 0 aromatic carbocycles. The van der Waals surface area contributed by atoms with Gasteiger partial charge in [-0.25, -0.2) is 4.98 Å². The highest BCUT2D eigenvalue weighted by Gasteiger charge is 2.20. The maximum Gasteiger partial charge on any atom is 0.282 e. The molecule has 0 spiro atoms. The monoisotopic (exact) mass is 309 g/mol. The van der Waals surface area contributed by atoms with Crippen LogP contribution in [0.5, 0.6) is 0 Å². The highest BCUT2D eigenvalue weighted by molar-refractivity contribution is 7.80. The Morgan fingerprint density at radius 3 is 2.75 bits per heavy atom. The van der Waals surface area contributed by atoms with Gasteiger partial charge in [0.25, 0.3) is 5.91 Å². The molecule has 5 N–H and O–H groups in total. The predicted molar refractivity (Wildman–Crippen MR) is 85.5 cm³/mol. The van der Waals surface area contributed by atoms with Crippen LogP contribution in [0, 0.1) is 13.8 Å². The molecule has 2 aromatic heterocycles. The van der Waals surface area contributed by atoms with E-state index in [2.05, 4.69) is 10.4 Å². The lowest BCUT2D eigenvalue weighted by molar-refractivity contribution is 0.0893. The number of aromatic nitrogens is 1. The van der Waals surface area contributed by atoms with Gasteiger partial charge >= 0.3 is 0 Å². The molecule has 0 saturated heterocycles. The number of hydrogen-bond acceptors (Lipinski definition) is 5. The van der Waals surface area contributed by atoms with Crippen molar-refractivity contribution in [2.24, 2.45) is 5.73 Å². The molecule has 0 aliphatic heterocycles. The number of nitrogens with one attached hydrogen (secondary N) is 1. The summed E-state index contributed by atoms with van der Waals surface area (Å²) in [6.07, 6.45) is 0. The molecule has 6 nitrogen and oxygen atoms in total. The van der Waals surface area contributed by atoms with Gasteiger partial charge in [-0.15, -0.1) is 11.3 Å². The van der Waals surface area contributed by atoms with Crippen LogP contribution in [0.3, 0.4) is 0 Å². The van der Waals surface area contributed by atoms with Crippen molar-refractivity contribution in [2.75, 3.05) is 12.8 Å². The van der Waals surface area contributed by atoms with Crippen molar-refractivity contribution in [1.29, 1.82) is 0 Å². The first-order chi connectivity index (χ1) is 9.31. The van der Waals surface area contributed by atoms with Gasteiger partial charge in [-0.1, -0.05) is 0 Å². The number of fused-ring (bicyclic) bond motifs is 1. The van der Waals surface area contributed by atoms with Crippen LogP contribution in [-0.4, -0.2) is 28.1 Å². The van der Waals surface area contributed by atoms with Gasteiger partial charge in [0, 0.05) is 18.1 Å². The topological polar surface area (TPSA) is 97.3 Å². The number of carbonyl (C=O) groups is 1. The third-order valence-corrected chi connectivity index (χ3v) is 4.20. The van der Waals surface area contributed by atoms with Crippen molar-refractivity contribution in [3.63, 3.8) is 0 Å². The van der Waals surface area contributed by atoms with E-state index in [-0.39, 0.29) is 11.0 Å². The van der Waals surface area contributed by atoms with E-state index in [1.807, 2.05) is 19.9 Å². The maximum atomic E-state index is 12.2. The van der Waals surface area contributed by atoms with E-state index in [0.29, 0.717) is 10.6 Å². The summed E-state index contributed by atoms with van der Waals surface area (Å²) in [5.74, 6) is -0.349. The molecule has 0 bridgehead atoms. The highest BCUT2D eigenvalue weighted by atomic mass is 32.1. The van der Waals surface area contributed by atoms with E-state index in [1.54, 1.807) is 7.05 Å². The van der Waals surface area contributed by atoms with E-state index in [0.717, 1.165) is 21.5 Å². The van der Waals surface area contributed by atoms with Gasteiger partial charge in [-0.05, 0) is 37.7 Å². The molecule has 0 radical (unpaired) electrons. The van der Waals surface area contributed by atoms with Gasteiger partial charge < -0.3 is 11.5 Å². The number of anilines is 1. The first-order valence-corrected chi connectivity index (χ1v) is 7.04. The standard InChI is InChI=1S/C12H15N5OS2/c1-5-4-6(2)15-11-7(5)8(13)9(20-11)10(18)16-17(3)12(14)19/h4H,13H2,1-3H3,(H2,14,19)(H,16,18). The molecule has 20 heavy (non-hydrogen) atoms. The molecular formula is C12H15N5OS2. The first-order valence-electron chi connectivity index (χ1n) is 5.81.